The minimum atomic E-state index is -0.133. The van der Waals surface area contributed by atoms with Crippen LogP contribution in [0.3, 0.4) is 0 Å². The van der Waals surface area contributed by atoms with Gasteiger partial charge in [0.2, 0.25) is 0 Å². The third-order valence-electron chi connectivity index (χ3n) is 4.10. The van der Waals surface area contributed by atoms with Crippen LogP contribution < -0.4 is 10.6 Å². The standard InChI is InChI=1S/C18H20BrN3O/c19-15-8-4-5-9-16(15)22-18(23)13-10-11-20-17(12-13)21-14-6-2-1-3-7-14/h4-5,8-12,14H,1-3,6-7H2,(H,20,21)(H,22,23). The fourth-order valence-corrected chi connectivity index (χ4v) is 3.25. The average molecular weight is 374 g/mol. The molecule has 1 saturated carbocycles. The van der Waals surface area contributed by atoms with E-state index in [-0.39, 0.29) is 5.91 Å². The van der Waals surface area contributed by atoms with Crippen molar-refractivity contribution in [2.75, 3.05) is 10.6 Å². The Morgan fingerprint density at radius 1 is 1.13 bits per heavy atom. The van der Waals surface area contributed by atoms with E-state index in [4.69, 9.17) is 0 Å². The molecule has 2 N–H and O–H groups in total. The smallest absolute Gasteiger partial charge is 0.255 e. The molecular formula is C18H20BrN3O. The van der Waals surface area contributed by atoms with Crippen molar-refractivity contribution < 1.29 is 4.79 Å². The monoisotopic (exact) mass is 373 g/mol. The molecule has 1 heterocycles. The van der Waals surface area contributed by atoms with Crippen LogP contribution in [0.15, 0.2) is 47.1 Å². The predicted octanol–water partition coefficient (Wildman–Crippen LogP) is 4.84. The average Bonchev–Trinajstić information content (AvgIpc) is 2.58. The quantitative estimate of drug-likeness (QED) is 0.805. The Labute approximate surface area is 144 Å². The molecule has 0 atom stereocenters. The lowest BCUT2D eigenvalue weighted by Crippen LogP contribution is -2.23. The van der Waals surface area contributed by atoms with Gasteiger partial charge in [-0.25, -0.2) is 4.98 Å². The highest BCUT2D eigenvalue weighted by Crippen LogP contribution is 2.23. The first-order valence-corrected chi connectivity index (χ1v) is 8.80. The second kappa shape index (κ2) is 7.59. The summed E-state index contributed by atoms with van der Waals surface area (Å²) < 4.78 is 0.864. The van der Waals surface area contributed by atoms with Gasteiger partial charge < -0.3 is 10.6 Å². The molecule has 2 aromatic rings. The van der Waals surface area contributed by atoms with E-state index < -0.39 is 0 Å². The predicted molar refractivity (Wildman–Crippen MR) is 96.8 cm³/mol. The fraction of sp³-hybridized carbons (Fsp3) is 0.333. The van der Waals surface area contributed by atoms with E-state index in [0.29, 0.717) is 11.6 Å². The highest BCUT2D eigenvalue weighted by Gasteiger charge is 2.14. The number of carbonyl (C=O) groups excluding carboxylic acids is 1. The Morgan fingerprint density at radius 3 is 2.70 bits per heavy atom. The molecule has 0 bridgehead atoms. The minimum absolute atomic E-state index is 0.133. The van der Waals surface area contributed by atoms with E-state index in [1.807, 2.05) is 30.3 Å². The van der Waals surface area contributed by atoms with Gasteiger partial charge in [0, 0.05) is 22.3 Å². The molecule has 1 fully saturated rings. The summed E-state index contributed by atoms with van der Waals surface area (Å²) in [6, 6.07) is 11.6. The number of hydrogen-bond donors (Lipinski definition) is 2. The summed E-state index contributed by atoms with van der Waals surface area (Å²) in [4.78, 5) is 16.8. The maximum atomic E-state index is 12.4. The largest absolute Gasteiger partial charge is 0.367 e. The number of pyridine rings is 1. The normalized spacial score (nSPS) is 15.2. The van der Waals surface area contributed by atoms with Crippen LogP contribution in [0.1, 0.15) is 42.5 Å². The second-order valence-electron chi connectivity index (χ2n) is 5.84. The summed E-state index contributed by atoms with van der Waals surface area (Å²) in [5.41, 5.74) is 1.37. The lowest BCUT2D eigenvalue weighted by atomic mass is 9.95. The van der Waals surface area contributed by atoms with Crippen molar-refractivity contribution in [3.8, 4) is 0 Å². The van der Waals surface area contributed by atoms with Crippen LogP contribution in [0, 0.1) is 0 Å². The van der Waals surface area contributed by atoms with Gasteiger partial charge in [0.25, 0.3) is 5.91 Å². The molecule has 23 heavy (non-hydrogen) atoms. The summed E-state index contributed by atoms with van der Waals surface area (Å²) in [6.07, 6.45) is 7.88. The second-order valence-corrected chi connectivity index (χ2v) is 6.70. The lowest BCUT2D eigenvalue weighted by Gasteiger charge is -2.23. The molecule has 1 amide bonds. The number of carbonyl (C=O) groups is 1. The SMILES string of the molecule is O=C(Nc1ccccc1Br)c1ccnc(NC2CCCCC2)c1. The van der Waals surface area contributed by atoms with Gasteiger partial charge in [-0.3, -0.25) is 4.79 Å². The highest BCUT2D eigenvalue weighted by molar-refractivity contribution is 9.10. The molecule has 4 nitrogen and oxygen atoms in total. The van der Waals surface area contributed by atoms with Crippen LogP contribution in [-0.2, 0) is 0 Å². The summed E-state index contributed by atoms with van der Waals surface area (Å²) in [5.74, 6) is 0.641. The summed E-state index contributed by atoms with van der Waals surface area (Å²) in [5, 5.41) is 6.37. The van der Waals surface area contributed by atoms with Crippen LogP contribution in [0.2, 0.25) is 0 Å². The molecule has 0 unspecified atom stereocenters. The molecule has 3 rings (SSSR count). The van der Waals surface area contributed by atoms with Gasteiger partial charge in [-0.2, -0.15) is 0 Å². The van der Waals surface area contributed by atoms with Crippen molar-refractivity contribution in [3.63, 3.8) is 0 Å². The number of hydrogen-bond acceptors (Lipinski definition) is 3. The lowest BCUT2D eigenvalue weighted by molar-refractivity contribution is 0.102. The van der Waals surface area contributed by atoms with Crippen LogP contribution >= 0.6 is 15.9 Å². The maximum Gasteiger partial charge on any atom is 0.255 e. The highest BCUT2D eigenvalue weighted by atomic mass is 79.9. The van der Waals surface area contributed by atoms with Crippen LogP contribution in [0.4, 0.5) is 11.5 Å². The topological polar surface area (TPSA) is 54.0 Å². The molecule has 0 aliphatic heterocycles. The zero-order valence-electron chi connectivity index (χ0n) is 12.9. The Balaban J connectivity index is 1.69. The number of anilines is 2. The number of benzene rings is 1. The molecule has 1 aliphatic rings. The van der Waals surface area contributed by atoms with Crippen LogP contribution in [-0.4, -0.2) is 16.9 Å². The number of aromatic nitrogens is 1. The molecule has 0 spiro atoms. The van der Waals surface area contributed by atoms with Crippen molar-refractivity contribution in [1.82, 2.24) is 4.98 Å². The van der Waals surface area contributed by atoms with Gasteiger partial charge in [0.15, 0.2) is 0 Å². The van der Waals surface area contributed by atoms with Crippen molar-refractivity contribution in [2.24, 2.45) is 0 Å². The number of nitrogens with zero attached hydrogens (tertiary/aromatic N) is 1. The van der Waals surface area contributed by atoms with E-state index in [2.05, 4.69) is 31.5 Å². The van der Waals surface area contributed by atoms with E-state index in [1.165, 1.54) is 32.1 Å². The molecule has 1 aromatic heterocycles. The van der Waals surface area contributed by atoms with Crippen LogP contribution in [0.25, 0.3) is 0 Å². The van der Waals surface area contributed by atoms with Crippen molar-refractivity contribution in [3.05, 3.63) is 52.6 Å². The number of para-hydroxylation sites is 1. The summed E-state index contributed by atoms with van der Waals surface area (Å²) in [6.45, 7) is 0. The van der Waals surface area contributed by atoms with Gasteiger partial charge in [-0.15, -0.1) is 0 Å². The first-order chi connectivity index (χ1) is 11.2. The fourth-order valence-electron chi connectivity index (χ4n) is 2.86. The molecule has 1 aromatic carbocycles. The molecule has 0 radical (unpaired) electrons. The Bertz CT molecular complexity index is 683. The zero-order chi connectivity index (χ0) is 16.1. The van der Waals surface area contributed by atoms with Crippen LogP contribution in [0.5, 0.6) is 0 Å². The van der Waals surface area contributed by atoms with E-state index in [9.17, 15) is 4.79 Å². The molecule has 0 saturated heterocycles. The van der Waals surface area contributed by atoms with Gasteiger partial charge in [-0.1, -0.05) is 31.4 Å². The van der Waals surface area contributed by atoms with E-state index >= 15 is 0 Å². The maximum absolute atomic E-state index is 12.4. The Morgan fingerprint density at radius 2 is 1.91 bits per heavy atom. The van der Waals surface area contributed by atoms with Crippen molar-refractivity contribution in [1.29, 1.82) is 0 Å². The zero-order valence-corrected chi connectivity index (χ0v) is 14.5. The number of halogens is 1. The summed E-state index contributed by atoms with van der Waals surface area (Å²) >= 11 is 3.44. The first kappa shape index (κ1) is 16.0. The molecule has 5 heteroatoms. The van der Waals surface area contributed by atoms with Gasteiger partial charge >= 0.3 is 0 Å². The minimum Gasteiger partial charge on any atom is -0.367 e. The third-order valence-corrected chi connectivity index (χ3v) is 4.79. The molecule has 1 aliphatic carbocycles. The van der Waals surface area contributed by atoms with Gasteiger partial charge in [0.05, 0.1) is 5.69 Å². The van der Waals surface area contributed by atoms with Crippen molar-refractivity contribution in [2.45, 2.75) is 38.1 Å². The molecular weight excluding hydrogens is 354 g/mol. The Kier molecular flexibility index (Phi) is 5.28. The van der Waals surface area contributed by atoms with E-state index in [1.54, 1.807) is 12.3 Å². The Hall–Kier alpha value is -1.88. The molecule has 120 valence electrons. The number of nitrogens with one attached hydrogen (secondary N) is 2. The first-order valence-electron chi connectivity index (χ1n) is 8.01. The number of rotatable bonds is 4. The van der Waals surface area contributed by atoms with E-state index in [0.717, 1.165) is 16.0 Å². The summed E-state index contributed by atoms with van der Waals surface area (Å²) in [7, 11) is 0. The number of amides is 1. The van der Waals surface area contributed by atoms with Crippen molar-refractivity contribution >= 4 is 33.3 Å². The van der Waals surface area contributed by atoms with Gasteiger partial charge in [-0.05, 0) is 53.0 Å². The van der Waals surface area contributed by atoms with Gasteiger partial charge in [0.1, 0.15) is 5.82 Å². The third kappa shape index (κ3) is 4.32.